The van der Waals surface area contributed by atoms with Gasteiger partial charge in [0.15, 0.2) is 0 Å². The number of benzene rings is 3. The van der Waals surface area contributed by atoms with E-state index in [9.17, 15) is 13.2 Å². The Bertz CT molecular complexity index is 1080. The van der Waals surface area contributed by atoms with Crippen LogP contribution in [0.2, 0.25) is 0 Å². The maximum absolute atomic E-state index is 13.2. The number of sulfonamides is 1. The van der Waals surface area contributed by atoms with E-state index in [1.807, 2.05) is 67.6 Å². The zero-order chi connectivity index (χ0) is 21.6. The molecule has 1 N–H and O–H groups in total. The van der Waals surface area contributed by atoms with Gasteiger partial charge in [-0.05, 0) is 29.7 Å². The van der Waals surface area contributed by atoms with Crippen molar-refractivity contribution in [2.24, 2.45) is 0 Å². The summed E-state index contributed by atoms with van der Waals surface area (Å²) in [6.45, 7) is 2.15. The Kier molecular flexibility index (Phi) is 6.90. The number of amides is 1. The molecule has 1 unspecified atom stereocenters. The molecule has 0 heterocycles. The molecule has 5 nitrogen and oxygen atoms in total. The van der Waals surface area contributed by atoms with Crippen molar-refractivity contribution in [2.45, 2.75) is 25.9 Å². The van der Waals surface area contributed by atoms with E-state index in [1.54, 1.807) is 24.3 Å². The Morgan fingerprint density at radius 3 is 2.07 bits per heavy atom. The summed E-state index contributed by atoms with van der Waals surface area (Å²) in [5, 5.41) is 3.05. The normalized spacial score (nSPS) is 12.2. The van der Waals surface area contributed by atoms with Gasteiger partial charge in [0.25, 0.3) is 5.91 Å². The lowest BCUT2D eigenvalue weighted by Crippen LogP contribution is -2.33. The molecule has 0 aliphatic heterocycles. The van der Waals surface area contributed by atoms with Gasteiger partial charge in [-0.25, -0.2) is 8.42 Å². The quantitative estimate of drug-likeness (QED) is 0.580. The van der Waals surface area contributed by atoms with E-state index >= 15 is 0 Å². The SMILES string of the molecule is CCC(NC(=O)c1ccccc1N(Cc1ccccc1)S(C)(=O)=O)c1ccccc1. The Hall–Kier alpha value is -3.12. The summed E-state index contributed by atoms with van der Waals surface area (Å²) < 4.78 is 26.5. The second kappa shape index (κ2) is 9.59. The second-order valence-electron chi connectivity index (χ2n) is 7.12. The molecule has 0 aromatic heterocycles. The van der Waals surface area contributed by atoms with Crippen LogP contribution in [-0.4, -0.2) is 20.6 Å². The standard InChI is InChI=1S/C24H26N2O3S/c1-3-22(20-14-8-5-9-15-20)25-24(27)21-16-10-11-17-23(21)26(30(2,28)29)18-19-12-6-4-7-13-19/h4-17,22H,3,18H2,1-2H3,(H,25,27). The zero-order valence-corrected chi connectivity index (χ0v) is 18.0. The fourth-order valence-corrected chi connectivity index (χ4v) is 4.26. The molecule has 6 heteroatoms. The van der Waals surface area contributed by atoms with Gasteiger partial charge >= 0.3 is 0 Å². The fraction of sp³-hybridized carbons (Fsp3) is 0.208. The van der Waals surface area contributed by atoms with Crippen LogP contribution in [0.25, 0.3) is 0 Å². The Morgan fingerprint density at radius 2 is 1.47 bits per heavy atom. The van der Waals surface area contributed by atoms with Crippen LogP contribution in [0.15, 0.2) is 84.9 Å². The molecule has 3 aromatic carbocycles. The van der Waals surface area contributed by atoms with Crippen molar-refractivity contribution in [1.82, 2.24) is 5.32 Å². The van der Waals surface area contributed by atoms with Crippen molar-refractivity contribution in [3.8, 4) is 0 Å². The van der Waals surface area contributed by atoms with Crippen LogP contribution in [0.1, 0.15) is 40.9 Å². The second-order valence-corrected chi connectivity index (χ2v) is 9.02. The molecule has 0 fully saturated rings. The average molecular weight is 423 g/mol. The number of carbonyl (C=O) groups excluding carboxylic acids is 1. The number of nitrogens with one attached hydrogen (secondary N) is 1. The monoisotopic (exact) mass is 422 g/mol. The molecular weight excluding hydrogens is 396 g/mol. The van der Waals surface area contributed by atoms with E-state index in [2.05, 4.69) is 5.32 Å². The number of para-hydroxylation sites is 1. The first kappa shape index (κ1) is 21.6. The van der Waals surface area contributed by atoms with E-state index in [4.69, 9.17) is 0 Å². The highest BCUT2D eigenvalue weighted by Crippen LogP contribution is 2.26. The molecular formula is C24H26N2O3S. The topological polar surface area (TPSA) is 66.5 Å². The highest BCUT2D eigenvalue weighted by molar-refractivity contribution is 7.92. The van der Waals surface area contributed by atoms with Gasteiger partial charge in [0.05, 0.1) is 30.1 Å². The van der Waals surface area contributed by atoms with Gasteiger partial charge in [-0.15, -0.1) is 0 Å². The van der Waals surface area contributed by atoms with Gasteiger partial charge in [-0.1, -0.05) is 79.7 Å². The Morgan fingerprint density at radius 1 is 0.900 bits per heavy atom. The van der Waals surface area contributed by atoms with Gasteiger partial charge in [-0.2, -0.15) is 0 Å². The van der Waals surface area contributed by atoms with Crippen molar-refractivity contribution < 1.29 is 13.2 Å². The minimum Gasteiger partial charge on any atom is -0.345 e. The van der Waals surface area contributed by atoms with Crippen LogP contribution in [0, 0.1) is 0 Å². The van der Waals surface area contributed by atoms with Crippen LogP contribution in [0.4, 0.5) is 5.69 Å². The molecule has 30 heavy (non-hydrogen) atoms. The van der Waals surface area contributed by atoms with Gasteiger partial charge in [0, 0.05) is 0 Å². The summed E-state index contributed by atoms with van der Waals surface area (Å²) >= 11 is 0. The predicted molar refractivity (Wildman–Crippen MR) is 121 cm³/mol. The van der Waals surface area contributed by atoms with Crippen molar-refractivity contribution in [3.63, 3.8) is 0 Å². The van der Waals surface area contributed by atoms with Crippen LogP contribution in [0.5, 0.6) is 0 Å². The Balaban J connectivity index is 1.94. The first-order chi connectivity index (χ1) is 14.4. The van der Waals surface area contributed by atoms with Gasteiger partial charge in [-0.3, -0.25) is 9.10 Å². The fourth-order valence-electron chi connectivity index (χ4n) is 3.36. The molecule has 0 aliphatic carbocycles. The lowest BCUT2D eigenvalue weighted by atomic mass is 10.0. The molecule has 0 saturated heterocycles. The summed E-state index contributed by atoms with van der Waals surface area (Å²) in [5.41, 5.74) is 2.54. The van der Waals surface area contributed by atoms with Crippen LogP contribution in [0.3, 0.4) is 0 Å². The third-order valence-electron chi connectivity index (χ3n) is 4.90. The van der Waals surface area contributed by atoms with Crippen LogP contribution < -0.4 is 9.62 Å². The predicted octanol–water partition coefficient (Wildman–Crippen LogP) is 4.53. The van der Waals surface area contributed by atoms with Gasteiger partial charge in [0.1, 0.15) is 0 Å². The minimum absolute atomic E-state index is 0.153. The third kappa shape index (κ3) is 5.27. The van der Waals surface area contributed by atoms with Gasteiger partial charge in [0.2, 0.25) is 10.0 Å². The number of hydrogen-bond acceptors (Lipinski definition) is 3. The summed E-state index contributed by atoms with van der Waals surface area (Å²) in [5.74, 6) is -0.303. The van der Waals surface area contributed by atoms with Crippen molar-refractivity contribution >= 4 is 21.6 Å². The number of hydrogen-bond donors (Lipinski definition) is 1. The van der Waals surface area contributed by atoms with Crippen molar-refractivity contribution in [1.29, 1.82) is 0 Å². The smallest absolute Gasteiger partial charge is 0.253 e. The van der Waals surface area contributed by atoms with Gasteiger partial charge < -0.3 is 5.32 Å². The molecule has 0 aliphatic rings. The minimum atomic E-state index is -3.61. The van der Waals surface area contributed by atoms with E-state index in [0.29, 0.717) is 11.3 Å². The first-order valence-corrected chi connectivity index (χ1v) is 11.7. The van der Waals surface area contributed by atoms with E-state index in [0.717, 1.165) is 23.8 Å². The number of carbonyl (C=O) groups is 1. The lowest BCUT2D eigenvalue weighted by Gasteiger charge is -2.25. The average Bonchev–Trinajstić information content (AvgIpc) is 2.76. The summed E-state index contributed by atoms with van der Waals surface area (Å²) in [7, 11) is -3.61. The largest absolute Gasteiger partial charge is 0.345 e. The highest BCUT2D eigenvalue weighted by Gasteiger charge is 2.24. The highest BCUT2D eigenvalue weighted by atomic mass is 32.2. The zero-order valence-electron chi connectivity index (χ0n) is 17.2. The molecule has 0 saturated carbocycles. The Labute approximate surface area is 178 Å². The maximum atomic E-state index is 13.2. The lowest BCUT2D eigenvalue weighted by molar-refractivity contribution is 0.0936. The summed E-state index contributed by atoms with van der Waals surface area (Å²) in [6.07, 6.45) is 1.88. The van der Waals surface area contributed by atoms with Crippen LogP contribution >= 0.6 is 0 Å². The molecule has 0 bridgehead atoms. The molecule has 0 radical (unpaired) electrons. The number of nitrogens with zero attached hydrogens (tertiary/aromatic N) is 1. The van der Waals surface area contributed by atoms with Crippen LogP contribution in [-0.2, 0) is 16.6 Å². The third-order valence-corrected chi connectivity index (χ3v) is 6.03. The molecule has 3 aromatic rings. The summed E-state index contributed by atoms with van der Waals surface area (Å²) in [4.78, 5) is 13.2. The molecule has 1 atom stereocenters. The van der Waals surface area contributed by atoms with E-state index in [1.165, 1.54) is 4.31 Å². The van der Waals surface area contributed by atoms with Crippen molar-refractivity contribution in [2.75, 3.05) is 10.6 Å². The molecule has 0 spiro atoms. The molecule has 156 valence electrons. The number of rotatable bonds is 8. The van der Waals surface area contributed by atoms with Crippen molar-refractivity contribution in [3.05, 3.63) is 102 Å². The summed E-state index contributed by atoms with van der Waals surface area (Å²) in [6, 6.07) is 25.7. The van der Waals surface area contributed by atoms with E-state index in [-0.39, 0.29) is 18.5 Å². The maximum Gasteiger partial charge on any atom is 0.253 e. The molecule has 3 rings (SSSR count). The number of anilines is 1. The van der Waals surface area contributed by atoms with E-state index < -0.39 is 10.0 Å². The molecule has 1 amide bonds. The first-order valence-electron chi connectivity index (χ1n) is 9.86.